The fourth-order valence-electron chi connectivity index (χ4n) is 2.26. The molecule has 0 radical (unpaired) electrons. The molecule has 0 aromatic rings. The first-order valence-electron chi connectivity index (χ1n) is 5.68. The summed E-state index contributed by atoms with van der Waals surface area (Å²) in [4.78, 5) is 0. The summed E-state index contributed by atoms with van der Waals surface area (Å²) in [6, 6.07) is 0. The predicted octanol–water partition coefficient (Wildman–Crippen LogP) is 1.89. The number of hydrogen-bond acceptors (Lipinski definition) is 3. The van der Waals surface area contributed by atoms with E-state index in [1.54, 1.807) is 6.08 Å². The monoisotopic (exact) mass is 230 g/mol. The Morgan fingerprint density at radius 2 is 1.93 bits per heavy atom. The minimum absolute atomic E-state index is 0.139. The molecule has 0 bridgehead atoms. The summed E-state index contributed by atoms with van der Waals surface area (Å²) in [5.74, 6) is 0.787. The van der Waals surface area contributed by atoms with E-state index in [-0.39, 0.29) is 11.9 Å². The van der Waals surface area contributed by atoms with Crippen LogP contribution in [0.2, 0.25) is 0 Å². The van der Waals surface area contributed by atoms with Crippen LogP contribution in [0.1, 0.15) is 32.1 Å². The molecule has 2 aliphatic rings. The van der Waals surface area contributed by atoms with Crippen molar-refractivity contribution in [3.05, 3.63) is 11.5 Å². The zero-order chi connectivity index (χ0) is 10.7. The van der Waals surface area contributed by atoms with Crippen LogP contribution < -0.4 is 0 Å². The van der Waals surface area contributed by atoms with Crippen LogP contribution in [0.3, 0.4) is 0 Å². The second-order valence-corrected chi connectivity index (χ2v) is 6.47. The lowest BCUT2D eigenvalue weighted by molar-refractivity contribution is 0.0590. The van der Waals surface area contributed by atoms with Gasteiger partial charge in [-0.1, -0.05) is 19.3 Å². The molecule has 0 N–H and O–H groups in total. The van der Waals surface area contributed by atoms with E-state index >= 15 is 0 Å². The lowest BCUT2D eigenvalue weighted by Crippen LogP contribution is -2.21. The van der Waals surface area contributed by atoms with Gasteiger partial charge in [0.25, 0.3) is 0 Å². The maximum Gasteiger partial charge on any atom is 0.174 e. The van der Waals surface area contributed by atoms with Crippen molar-refractivity contribution in [1.29, 1.82) is 0 Å². The van der Waals surface area contributed by atoms with Crippen molar-refractivity contribution in [3.8, 4) is 0 Å². The van der Waals surface area contributed by atoms with Crippen LogP contribution in [-0.2, 0) is 14.6 Å². The van der Waals surface area contributed by atoms with Crippen LogP contribution in [0.25, 0.3) is 0 Å². The Hall–Kier alpha value is -0.350. The van der Waals surface area contributed by atoms with Crippen LogP contribution in [-0.4, -0.2) is 26.9 Å². The maximum atomic E-state index is 11.1. The fraction of sp³-hybridized carbons (Fsp3) is 0.818. The average Bonchev–Trinajstić information content (AvgIpc) is 2.57. The van der Waals surface area contributed by atoms with Gasteiger partial charge in [0, 0.05) is 5.41 Å². The molecule has 2 rings (SSSR count). The van der Waals surface area contributed by atoms with Gasteiger partial charge in [0.1, 0.15) is 0 Å². The number of rotatable bonds is 3. The SMILES string of the molecule is O=S1(=O)C=CC(OCC2CCCCC2)C1. The molecule has 1 aliphatic carbocycles. The summed E-state index contributed by atoms with van der Waals surface area (Å²) in [5, 5.41) is 1.28. The second-order valence-electron chi connectivity index (χ2n) is 4.53. The first-order valence-corrected chi connectivity index (χ1v) is 7.40. The van der Waals surface area contributed by atoms with Crippen LogP contribution in [0, 0.1) is 5.92 Å². The molecule has 3 nitrogen and oxygen atoms in total. The van der Waals surface area contributed by atoms with E-state index in [2.05, 4.69) is 0 Å². The fourth-order valence-corrected chi connectivity index (χ4v) is 3.46. The molecule has 1 aliphatic heterocycles. The third-order valence-corrected chi connectivity index (χ3v) is 4.53. The Morgan fingerprint density at radius 1 is 1.20 bits per heavy atom. The molecule has 0 aromatic carbocycles. The molecule has 4 heteroatoms. The van der Waals surface area contributed by atoms with Crippen molar-refractivity contribution in [2.75, 3.05) is 12.4 Å². The van der Waals surface area contributed by atoms with Gasteiger partial charge < -0.3 is 4.74 Å². The smallest absolute Gasteiger partial charge is 0.174 e. The van der Waals surface area contributed by atoms with Gasteiger partial charge in [-0.2, -0.15) is 0 Å². The van der Waals surface area contributed by atoms with Crippen molar-refractivity contribution in [1.82, 2.24) is 0 Å². The zero-order valence-corrected chi connectivity index (χ0v) is 9.71. The first-order chi connectivity index (χ1) is 7.16. The molecule has 1 unspecified atom stereocenters. The summed E-state index contributed by atoms with van der Waals surface area (Å²) in [7, 11) is -2.95. The van der Waals surface area contributed by atoms with Gasteiger partial charge in [-0.3, -0.25) is 0 Å². The normalized spacial score (nSPS) is 30.8. The highest BCUT2D eigenvalue weighted by molar-refractivity contribution is 7.94. The van der Waals surface area contributed by atoms with Crippen molar-refractivity contribution in [2.24, 2.45) is 5.92 Å². The number of sulfone groups is 1. The lowest BCUT2D eigenvalue weighted by atomic mass is 9.90. The number of hydrogen-bond donors (Lipinski definition) is 0. The summed E-state index contributed by atoms with van der Waals surface area (Å²) >= 11 is 0. The van der Waals surface area contributed by atoms with Crippen LogP contribution in [0.4, 0.5) is 0 Å². The third-order valence-electron chi connectivity index (χ3n) is 3.17. The summed E-state index contributed by atoms with van der Waals surface area (Å²) < 4.78 is 27.9. The first kappa shape index (κ1) is 11.1. The van der Waals surface area contributed by atoms with Gasteiger partial charge in [-0.25, -0.2) is 8.42 Å². The van der Waals surface area contributed by atoms with Crippen LogP contribution in [0.5, 0.6) is 0 Å². The van der Waals surface area contributed by atoms with E-state index < -0.39 is 9.84 Å². The molecule has 1 saturated carbocycles. The molecule has 0 amide bonds. The van der Waals surface area contributed by atoms with Gasteiger partial charge in [-0.15, -0.1) is 0 Å². The van der Waals surface area contributed by atoms with Crippen LogP contribution >= 0.6 is 0 Å². The Bertz CT molecular complexity index is 326. The van der Waals surface area contributed by atoms with E-state index in [9.17, 15) is 8.42 Å². The molecule has 1 atom stereocenters. The van der Waals surface area contributed by atoms with Crippen LogP contribution in [0.15, 0.2) is 11.5 Å². The lowest BCUT2D eigenvalue weighted by Gasteiger charge is -2.22. The standard InChI is InChI=1S/C11H18O3S/c12-15(13)7-6-11(9-15)14-8-10-4-2-1-3-5-10/h6-7,10-11H,1-5,8-9H2. The minimum Gasteiger partial charge on any atom is -0.373 e. The van der Waals surface area contributed by atoms with Crippen molar-refractivity contribution in [3.63, 3.8) is 0 Å². The molecule has 1 fully saturated rings. The molecule has 1 heterocycles. The van der Waals surface area contributed by atoms with E-state index in [0.29, 0.717) is 5.92 Å². The van der Waals surface area contributed by atoms with Crippen molar-refractivity contribution in [2.45, 2.75) is 38.2 Å². The van der Waals surface area contributed by atoms with Gasteiger partial charge in [0.05, 0.1) is 18.5 Å². The molecular formula is C11H18O3S. The summed E-state index contributed by atoms with van der Waals surface area (Å²) in [5.41, 5.74) is 0. The molecule has 86 valence electrons. The van der Waals surface area contributed by atoms with Gasteiger partial charge in [0.15, 0.2) is 9.84 Å². The Kier molecular flexibility index (Phi) is 3.46. The highest BCUT2D eigenvalue weighted by Gasteiger charge is 2.23. The Morgan fingerprint density at radius 3 is 2.53 bits per heavy atom. The highest BCUT2D eigenvalue weighted by Crippen LogP contribution is 2.24. The minimum atomic E-state index is -2.95. The molecule has 15 heavy (non-hydrogen) atoms. The van der Waals surface area contributed by atoms with E-state index in [1.165, 1.54) is 37.5 Å². The zero-order valence-electron chi connectivity index (χ0n) is 8.89. The van der Waals surface area contributed by atoms with E-state index in [1.807, 2.05) is 0 Å². The van der Waals surface area contributed by atoms with Crippen molar-refractivity contribution >= 4 is 9.84 Å². The predicted molar refractivity (Wildman–Crippen MR) is 59.2 cm³/mol. The Balaban J connectivity index is 1.72. The largest absolute Gasteiger partial charge is 0.373 e. The number of ether oxygens (including phenoxy) is 1. The van der Waals surface area contributed by atoms with Gasteiger partial charge >= 0.3 is 0 Å². The second kappa shape index (κ2) is 4.66. The van der Waals surface area contributed by atoms with Gasteiger partial charge in [-0.05, 0) is 24.8 Å². The quantitative estimate of drug-likeness (QED) is 0.743. The molecular weight excluding hydrogens is 212 g/mol. The molecule has 0 spiro atoms. The topological polar surface area (TPSA) is 43.4 Å². The molecule has 0 aromatic heterocycles. The summed E-state index contributed by atoms with van der Waals surface area (Å²) in [6.45, 7) is 0.727. The molecule has 0 saturated heterocycles. The van der Waals surface area contributed by atoms with Crippen molar-refractivity contribution < 1.29 is 13.2 Å². The summed E-state index contributed by atoms with van der Waals surface area (Å²) in [6.07, 6.45) is 7.88. The van der Waals surface area contributed by atoms with E-state index in [4.69, 9.17) is 4.74 Å². The maximum absolute atomic E-state index is 11.1. The van der Waals surface area contributed by atoms with Gasteiger partial charge in [0.2, 0.25) is 0 Å². The third kappa shape index (κ3) is 3.31. The Labute approximate surface area is 91.4 Å². The average molecular weight is 230 g/mol. The highest BCUT2D eigenvalue weighted by atomic mass is 32.2. The van der Waals surface area contributed by atoms with E-state index in [0.717, 1.165) is 6.61 Å².